The molecule has 0 aliphatic heterocycles. The smallest absolute Gasteiger partial charge is 0.261 e. The van der Waals surface area contributed by atoms with Crippen molar-refractivity contribution in [2.24, 2.45) is 0 Å². The van der Waals surface area contributed by atoms with Crippen LogP contribution in [0.5, 0.6) is 0 Å². The molecule has 1 atom stereocenters. The highest BCUT2D eigenvalue weighted by Crippen LogP contribution is 2.29. The predicted molar refractivity (Wildman–Crippen MR) is 138 cm³/mol. The maximum Gasteiger partial charge on any atom is 0.261 e. The molecule has 1 heterocycles. The third-order valence-corrected chi connectivity index (χ3v) is 6.44. The van der Waals surface area contributed by atoms with Gasteiger partial charge in [0.15, 0.2) is 0 Å². The summed E-state index contributed by atoms with van der Waals surface area (Å²) in [5.41, 5.74) is 0.856. The molecule has 0 aliphatic carbocycles. The number of methoxy groups -OCH3 is 1. The number of fused-ring (bicyclic) bond motifs is 1. The normalized spacial score (nSPS) is 12.1. The second kappa shape index (κ2) is 12.3. The van der Waals surface area contributed by atoms with Crippen molar-refractivity contribution >= 4 is 40.0 Å². The minimum Gasteiger partial charge on any atom is -0.383 e. The van der Waals surface area contributed by atoms with Gasteiger partial charge in [0.1, 0.15) is 5.82 Å². The molecule has 0 saturated carbocycles. The number of hydrogen-bond donors (Lipinski definition) is 0. The molecule has 1 unspecified atom stereocenters. The SMILES string of the molecule is CCCCCN(C(=O)c1ccc(Cl)cc1Cl)C(CC)c1nc2ccccc2c(=O)n1CCOC. The lowest BCUT2D eigenvalue weighted by molar-refractivity contribution is 0.0650. The first kappa shape index (κ1) is 26.2. The van der Waals surface area contributed by atoms with E-state index in [2.05, 4.69) is 6.92 Å². The summed E-state index contributed by atoms with van der Waals surface area (Å²) in [6.45, 7) is 5.34. The van der Waals surface area contributed by atoms with Crippen LogP contribution in [0.25, 0.3) is 10.9 Å². The van der Waals surface area contributed by atoms with E-state index in [4.69, 9.17) is 32.9 Å². The third kappa shape index (κ3) is 5.80. The van der Waals surface area contributed by atoms with Crippen LogP contribution < -0.4 is 5.56 Å². The van der Waals surface area contributed by atoms with Crippen LogP contribution in [-0.4, -0.2) is 40.6 Å². The number of aromatic nitrogens is 2. The van der Waals surface area contributed by atoms with Gasteiger partial charge < -0.3 is 9.64 Å². The molecule has 0 spiro atoms. The summed E-state index contributed by atoms with van der Waals surface area (Å²) in [7, 11) is 1.60. The largest absolute Gasteiger partial charge is 0.383 e. The Morgan fingerprint density at radius 1 is 1.15 bits per heavy atom. The first-order valence-corrected chi connectivity index (χ1v) is 12.4. The summed E-state index contributed by atoms with van der Waals surface area (Å²) >= 11 is 12.5. The fraction of sp³-hybridized carbons (Fsp3) is 0.423. The minimum absolute atomic E-state index is 0.137. The molecular formula is C26H31Cl2N3O3. The topological polar surface area (TPSA) is 64.4 Å². The highest BCUT2D eigenvalue weighted by atomic mass is 35.5. The van der Waals surface area contributed by atoms with Crippen LogP contribution in [0.1, 0.15) is 61.8 Å². The van der Waals surface area contributed by atoms with Crippen LogP contribution in [0.4, 0.5) is 0 Å². The average molecular weight is 504 g/mol. The van der Waals surface area contributed by atoms with E-state index in [0.717, 1.165) is 19.3 Å². The van der Waals surface area contributed by atoms with Crippen molar-refractivity contribution in [1.29, 1.82) is 0 Å². The van der Waals surface area contributed by atoms with E-state index >= 15 is 0 Å². The third-order valence-electron chi connectivity index (χ3n) is 5.90. The highest BCUT2D eigenvalue weighted by Gasteiger charge is 2.30. The van der Waals surface area contributed by atoms with Crippen molar-refractivity contribution in [3.8, 4) is 0 Å². The van der Waals surface area contributed by atoms with E-state index in [9.17, 15) is 9.59 Å². The number of carbonyl (C=O) groups excluding carboxylic acids is 1. The Morgan fingerprint density at radius 3 is 2.59 bits per heavy atom. The number of rotatable bonds is 11. The van der Waals surface area contributed by atoms with E-state index in [0.29, 0.717) is 58.5 Å². The Kier molecular flexibility index (Phi) is 9.51. The monoisotopic (exact) mass is 503 g/mol. The van der Waals surface area contributed by atoms with E-state index in [1.54, 1.807) is 40.8 Å². The van der Waals surface area contributed by atoms with Crippen molar-refractivity contribution in [3.05, 3.63) is 74.3 Å². The molecule has 1 amide bonds. The second-order valence-electron chi connectivity index (χ2n) is 8.19. The van der Waals surface area contributed by atoms with Gasteiger partial charge in [0, 0.05) is 18.7 Å². The number of benzene rings is 2. The van der Waals surface area contributed by atoms with E-state index in [1.807, 2.05) is 25.1 Å². The zero-order valence-corrected chi connectivity index (χ0v) is 21.4. The number of carbonyl (C=O) groups is 1. The first-order chi connectivity index (χ1) is 16.4. The molecule has 8 heteroatoms. The zero-order valence-electron chi connectivity index (χ0n) is 19.9. The number of para-hydroxylation sites is 1. The maximum absolute atomic E-state index is 13.8. The first-order valence-electron chi connectivity index (χ1n) is 11.7. The van der Waals surface area contributed by atoms with Crippen LogP contribution in [-0.2, 0) is 11.3 Å². The molecule has 3 aromatic rings. The standard InChI is InChI=1S/C26H31Cl2N3O3/c1-4-6-9-14-30(25(32)19-13-12-18(27)17-21(19)28)23(5-2)24-29-22-11-8-7-10-20(22)26(33)31(24)15-16-34-3/h7-8,10-13,17,23H,4-6,9,14-16H2,1-3H3. The summed E-state index contributed by atoms with van der Waals surface area (Å²) in [6.07, 6.45) is 3.42. The number of nitrogens with zero attached hydrogens (tertiary/aromatic N) is 3. The molecule has 0 aliphatic rings. The molecule has 0 saturated heterocycles. The molecule has 2 aromatic carbocycles. The molecule has 6 nitrogen and oxygen atoms in total. The van der Waals surface area contributed by atoms with Gasteiger partial charge in [0.05, 0.1) is 40.7 Å². The molecular weight excluding hydrogens is 473 g/mol. The Hall–Kier alpha value is -2.41. The van der Waals surface area contributed by atoms with Crippen LogP contribution >= 0.6 is 23.2 Å². The van der Waals surface area contributed by atoms with Gasteiger partial charge in [-0.3, -0.25) is 14.2 Å². The Bertz CT molecular complexity index is 1200. The summed E-state index contributed by atoms with van der Waals surface area (Å²) < 4.78 is 6.91. The number of ether oxygens (including phenoxy) is 1. The van der Waals surface area contributed by atoms with Crippen molar-refractivity contribution in [2.45, 2.75) is 52.1 Å². The van der Waals surface area contributed by atoms with Crippen LogP contribution in [0.3, 0.4) is 0 Å². The minimum atomic E-state index is -0.412. The van der Waals surface area contributed by atoms with Crippen LogP contribution in [0.2, 0.25) is 10.0 Å². The van der Waals surface area contributed by atoms with E-state index < -0.39 is 6.04 Å². The lowest BCUT2D eigenvalue weighted by Gasteiger charge is -2.33. The number of hydrogen-bond acceptors (Lipinski definition) is 4. The average Bonchev–Trinajstić information content (AvgIpc) is 2.83. The summed E-state index contributed by atoms with van der Waals surface area (Å²) in [6, 6.07) is 11.8. The molecule has 0 bridgehead atoms. The Balaban J connectivity index is 2.15. The van der Waals surface area contributed by atoms with Gasteiger partial charge in [-0.1, -0.05) is 62.0 Å². The van der Waals surface area contributed by atoms with E-state index in [-0.39, 0.29) is 11.5 Å². The maximum atomic E-state index is 13.8. The van der Waals surface area contributed by atoms with Crippen molar-refractivity contribution in [1.82, 2.24) is 14.5 Å². The van der Waals surface area contributed by atoms with Gasteiger partial charge in [-0.05, 0) is 43.2 Å². The van der Waals surface area contributed by atoms with Gasteiger partial charge in [0.2, 0.25) is 0 Å². The van der Waals surface area contributed by atoms with Gasteiger partial charge in [-0.15, -0.1) is 0 Å². The second-order valence-corrected chi connectivity index (χ2v) is 9.03. The zero-order chi connectivity index (χ0) is 24.7. The molecule has 34 heavy (non-hydrogen) atoms. The number of unbranched alkanes of at least 4 members (excludes halogenated alkanes) is 2. The highest BCUT2D eigenvalue weighted by molar-refractivity contribution is 6.36. The molecule has 3 rings (SSSR count). The van der Waals surface area contributed by atoms with Crippen molar-refractivity contribution in [2.75, 3.05) is 20.3 Å². The number of amides is 1. The molecule has 1 aromatic heterocycles. The quantitative estimate of drug-likeness (QED) is 0.295. The van der Waals surface area contributed by atoms with Crippen LogP contribution in [0, 0.1) is 0 Å². The van der Waals surface area contributed by atoms with Crippen LogP contribution in [0.15, 0.2) is 47.3 Å². The van der Waals surface area contributed by atoms with E-state index in [1.165, 1.54) is 0 Å². The lowest BCUT2D eigenvalue weighted by Crippen LogP contribution is -2.40. The molecule has 0 radical (unpaired) electrons. The molecule has 182 valence electrons. The molecule has 0 N–H and O–H groups in total. The fourth-order valence-corrected chi connectivity index (χ4v) is 4.62. The fourth-order valence-electron chi connectivity index (χ4n) is 4.13. The van der Waals surface area contributed by atoms with Gasteiger partial charge in [-0.25, -0.2) is 4.98 Å². The van der Waals surface area contributed by atoms with Crippen molar-refractivity contribution < 1.29 is 9.53 Å². The van der Waals surface area contributed by atoms with Gasteiger partial charge >= 0.3 is 0 Å². The summed E-state index contributed by atoms with van der Waals surface area (Å²) in [5, 5.41) is 1.31. The predicted octanol–water partition coefficient (Wildman–Crippen LogP) is 6.13. The lowest BCUT2D eigenvalue weighted by atomic mass is 10.1. The Labute approximate surface area is 210 Å². The van der Waals surface area contributed by atoms with Crippen molar-refractivity contribution in [3.63, 3.8) is 0 Å². The summed E-state index contributed by atoms with van der Waals surface area (Å²) in [5.74, 6) is 0.350. The van der Waals surface area contributed by atoms with Gasteiger partial charge in [-0.2, -0.15) is 0 Å². The summed E-state index contributed by atoms with van der Waals surface area (Å²) in [4.78, 5) is 33.9. The Morgan fingerprint density at radius 2 is 1.91 bits per heavy atom. The number of halogens is 2. The molecule has 0 fully saturated rings. The van der Waals surface area contributed by atoms with Gasteiger partial charge in [0.25, 0.3) is 11.5 Å².